The lowest BCUT2D eigenvalue weighted by molar-refractivity contribution is -0.118. The van der Waals surface area contributed by atoms with Crippen molar-refractivity contribution < 1.29 is 22.4 Å². The standard InChI is InChI=1S/C16H19ClN2O5S/c1-11-14(9-25(21,22)10-15(20)18-7-8-23-2)19-16(24-11)12-5-3-4-6-13(12)17/h3-6H,7-10H2,1-2H3,(H,18,20). The van der Waals surface area contributed by atoms with Gasteiger partial charge in [0.1, 0.15) is 11.5 Å². The van der Waals surface area contributed by atoms with E-state index in [1.807, 2.05) is 0 Å². The summed E-state index contributed by atoms with van der Waals surface area (Å²) < 4.78 is 34.7. The van der Waals surface area contributed by atoms with Gasteiger partial charge in [0.2, 0.25) is 11.8 Å². The van der Waals surface area contributed by atoms with Crippen molar-refractivity contribution in [3.05, 3.63) is 40.7 Å². The Morgan fingerprint density at radius 3 is 2.76 bits per heavy atom. The van der Waals surface area contributed by atoms with Crippen LogP contribution >= 0.6 is 11.6 Å². The fourth-order valence-corrected chi connectivity index (χ4v) is 3.62. The number of methoxy groups -OCH3 is 1. The smallest absolute Gasteiger partial charge is 0.235 e. The number of carbonyl (C=O) groups excluding carboxylic acids is 1. The van der Waals surface area contributed by atoms with E-state index in [0.29, 0.717) is 23.0 Å². The number of nitrogens with one attached hydrogen (secondary N) is 1. The Kier molecular flexibility index (Phi) is 6.57. The summed E-state index contributed by atoms with van der Waals surface area (Å²) in [7, 11) is -2.19. The van der Waals surface area contributed by atoms with E-state index in [-0.39, 0.29) is 23.9 Å². The largest absolute Gasteiger partial charge is 0.441 e. The summed E-state index contributed by atoms with van der Waals surface area (Å²) in [5.74, 6) is -0.963. The Morgan fingerprint density at radius 2 is 2.08 bits per heavy atom. The molecule has 0 saturated carbocycles. The lowest BCUT2D eigenvalue weighted by atomic mass is 10.2. The minimum absolute atomic E-state index is 0.248. The molecule has 1 N–H and O–H groups in total. The third-order valence-electron chi connectivity index (χ3n) is 3.33. The van der Waals surface area contributed by atoms with Gasteiger partial charge in [0.15, 0.2) is 9.84 Å². The normalized spacial score (nSPS) is 11.5. The Balaban J connectivity index is 2.10. The molecule has 1 aromatic heterocycles. The van der Waals surface area contributed by atoms with Crippen LogP contribution in [0.15, 0.2) is 28.7 Å². The second-order valence-corrected chi connectivity index (χ2v) is 7.85. The molecule has 0 bridgehead atoms. The maximum atomic E-state index is 12.2. The van der Waals surface area contributed by atoms with Crippen LogP contribution in [0.4, 0.5) is 0 Å². The molecule has 2 rings (SSSR count). The van der Waals surface area contributed by atoms with E-state index in [0.717, 1.165) is 0 Å². The van der Waals surface area contributed by atoms with Crippen LogP contribution in [0.3, 0.4) is 0 Å². The van der Waals surface area contributed by atoms with E-state index in [1.54, 1.807) is 31.2 Å². The zero-order valence-electron chi connectivity index (χ0n) is 13.9. The summed E-state index contributed by atoms with van der Waals surface area (Å²) in [5, 5.41) is 2.93. The van der Waals surface area contributed by atoms with Crippen LogP contribution < -0.4 is 5.32 Å². The van der Waals surface area contributed by atoms with Gasteiger partial charge in [0, 0.05) is 13.7 Å². The summed E-state index contributed by atoms with van der Waals surface area (Å²) >= 11 is 6.10. The number of aryl methyl sites for hydroxylation is 1. The summed E-state index contributed by atoms with van der Waals surface area (Å²) in [6, 6.07) is 6.98. The van der Waals surface area contributed by atoms with E-state index in [4.69, 9.17) is 20.8 Å². The van der Waals surface area contributed by atoms with Crippen LogP contribution in [-0.2, 0) is 25.1 Å². The van der Waals surface area contributed by atoms with E-state index >= 15 is 0 Å². The van der Waals surface area contributed by atoms with Crippen LogP contribution in [0.1, 0.15) is 11.5 Å². The lowest BCUT2D eigenvalue weighted by Crippen LogP contribution is -2.33. The van der Waals surface area contributed by atoms with Crippen molar-refractivity contribution in [2.45, 2.75) is 12.7 Å². The number of hydrogen-bond donors (Lipinski definition) is 1. The second-order valence-electron chi connectivity index (χ2n) is 5.38. The molecule has 0 unspecified atom stereocenters. The third kappa shape index (κ3) is 5.55. The highest BCUT2D eigenvalue weighted by molar-refractivity contribution is 7.91. The molecule has 0 aliphatic heterocycles. The summed E-state index contributed by atoms with van der Waals surface area (Å²) in [6.45, 7) is 2.19. The Morgan fingerprint density at radius 1 is 1.36 bits per heavy atom. The van der Waals surface area contributed by atoms with Gasteiger partial charge < -0.3 is 14.5 Å². The number of halogens is 1. The predicted octanol–water partition coefficient (Wildman–Crippen LogP) is 1.98. The molecule has 0 radical (unpaired) electrons. The lowest BCUT2D eigenvalue weighted by Gasteiger charge is -2.05. The molecule has 0 saturated heterocycles. The molecular weight excluding hydrogens is 368 g/mol. The molecule has 0 atom stereocenters. The Labute approximate surface area is 151 Å². The molecule has 0 aliphatic rings. The van der Waals surface area contributed by atoms with Gasteiger partial charge in [-0.15, -0.1) is 0 Å². The SMILES string of the molecule is COCCNC(=O)CS(=O)(=O)Cc1nc(-c2ccccc2Cl)oc1C. The van der Waals surface area contributed by atoms with E-state index < -0.39 is 21.5 Å². The van der Waals surface area contributed by atoms with Crippen LogP contribution in [0, 0.1) is 6.92 Å². The van der Waals surface area contributed by atoms with Crippen molar-refractivity contribution in [1.82, 2.24) is 10.3 Å². The molecule has 1 amide bonds. The van der Waals surface area contributed by atoms with Gasteiger partial charge >= 0.3 is 0 Å². The molecule has 0 spiro atoms. The van der Waals surface area contributed by atoms with Gasteiger partial charge in [-0.2, -0.15) is 0 Å². The van der Waals surface area contributed by atoms with E-state index in [2.05, 4.69) is 10.3 Å². The van der Waals surface area contributed by atoms with Crippen molar-refractivity contribution in [3.8, 4) is 11.5 Å². The van der Waals surface area contributed by atoms with Crippen LogP contribution in [0.5, 0.6) is 0 Å². The van der Waals surface area contributed by atoms with Crippen molar-refractivity contribution in [2.24, 2.45) is 0 Å². The number of rotatable bonds is 8. The molecule has 136 valence electrons. The monoisotopic (exact) mass is 386 g/mol. The molecule has 1 heterocycles. The van der Waals surface area contributed by atoms with Crippen LogP contribution in [0.25, 0.3) is 11.5 Å². The molecular formula is C16H19ClN2O5S. The number of aromatic nitrogens is 1. The number of hydrogen-bond acceptors (Lipinski definition) is 6. The number of carbonyl (C=O) groups is 1. The first-order valence-corrected chi connectivity index (χ1v) is 9.69. The summed E-state index contributed by atoms with van der Waals surface area (Å²) in [4.78, 5) is 15.9. The Hall–Kier alpha value is -1.90. The van der Waals surface area contributed by atoms with Gasteiger partial charge in [0.05, 0.1) is 28.6 Å². The quantitative estimate of drug-likeness (QED) is 0.696. The van der Waals surface area contributed by atoms with Crippen molar-refractivity contribution in [3.63, 3.8) is 0 Å². The first kappa shape index (κ1) is 19.4. The number of ether oxygens (including phenoxy) is 1. The highest BCUT2D eigenvalue weighted by atomic mass is 35.5. The minimum atomic E-state index is -3.68. The number of sulfone groups is 1. The molecule has 2 aromatic rings. The van der Waals surface area contributed by atoms with Crippen molar-refractivity contribution >= 4 is 27.3 Å². The number of benzene rings is 1. The van der Waals surface area contributed by atoms with Gasteiger partial charge in [-0.05, 0) is 19.1 Å². The highest BCUT2D eigenvalue weighted by Crippen LogP contribution is 2.28. The number of nitrogens with zero attached hydrogens (tertiary/aromatic N) is 1. The second kappa shape index (κ2) is 8.46. The van der Waals surface area contributed by atoms with Gasteiger partial charge in [-0.1, -0.05) is 23.7 Å². The summed E-state index contributed by atoms with van der Waals surface area (Å²) in [6.07, 6.45) is 0. The number of amides is 1. The topological polar surface area (TPSA) is 98.5 Å². The fourth-order valence-electron chi connectivity index (χ4n) is 2.11. The zero-order valence-corrected chi connectivity index (χ0v) is 15.5. The third-order valence-corrected chi connectivity index (χ3v) is 5.08. The number of oxazole rings is 1. The molecule has 25 heavy (non-hydrogen) atoms. The minimum Gasteiger partial charge on any atom is -0.441 e. The van der Waals surface area contributed by atoms with Gasteiger partial charge in [0.25, 0.3) is 0 Å². The van der Waals surface area contributed by atoms with Gasteiger partial charge in [-0.25, -0.2) is 13.4 Å². The highest BCUT2D eigenvalue weighted by Gasteiger charge is 2.22. The maximum absolute atomic E-state index is 12.2. The average Bonchev–Trinajstić information content (AvgIpc) is 2.87. The average molecular weight is 387 g/mol. The molecule has 0 fully saturated rings. The molecule has 7 nitrogen and oxygen atoms in total. The van der Waals surface area contributed by atoms with E-state index in [9.17, 15) is 13.2 Å². The Bertz CT molecular complexity index is 848. The van der Waals surface area contributed by atoms with Crippen LogP contribution in [-0.4, -0.2) is 45.3 Å². The predicted molar refractivity (Wildman–Crippen MR) is 94.1 cm³/mol. The zero-order chi connectivity index (χ0) is 18.4. The van der Waals surface area contributed by atoms with E-state index in [1.165, 1.54) is 7.11 Å². The van der Waals surface area contributed by atoms with Crippen molar-refractivity contribution in [1.29, 1.82) is 0 Å². The fraction of sp³-hybridized carbons (Fsp3) is 0.375. The van der Waals surface area contributed by atoms with Crippen molar-refractivity contribution in [2.75, 3.05) is 26.0 Å². The first-order valence-electron chi connectivity index (χ1n) is 7.49. The first-order chi connectivity index (χ1) is 11.8. The summed E-state index contributed by atoms with van der Waals surface area (Å²) in [5.41, 5.74) is 0.841. The van der Waals surface area contributed by atoms with Gasteiger partial charge in [-0.3, -0.25) is 4.79 Å². The van der Waals surface area contributed by atoms with Crippen LogP contribution in [0.2, 0.25) is 5.02 Å². The molecule has 0 aliphatic carbocycles. The molecule has 1 aromatic carbocycles. The maximum Gasteiger partial charge on any atom is 0.235 e. The molecule has 9 heteroatoms.